The zero-order chi connectivity index (χ0) is 17.4. The summed E-state index contributed by atoms with van der Waals surface area (Å²) in [5.41, 5.74) is 9.39. The molecule has 128 valence electrons. The van der Waals surface area contributed by atoms with Gasteiger partial charge in [-0.25, -0.2) is 0 Å². The van der Waals surface area contributed by atoms with Crippen LogP contribution in [0.3, 0.4) is 0 Å². The fraction of sp³-hybridized carbons (Fsp3) is 0.429. The predicted molar refractivity (Wildman–Crippen MR) is 103 cm³/mol. The van der Waals surface area contributed by atoms with Crippen LogP contribution < -0.4 is 14.5 Å². The second-order valence-corrected chi connectivity index (χ2v) is 7.03. The molecule has 0 saturated carbocycles. The molecule has 0 atom stereocenters. The Balaban J connectivity index is 1.89. The van der Waals surface area contributed by atoms with Gasteiger partial charge in [-0.2, -0.15) is 0 Å². The fourth-order valence-electron chi connectivity index (χ4n) is 4.16. The highest BCUT2D eigenvalue weighted by Gasteiger charge is 2.25. The molecule has 1 fully saturated rings. The van der Waals surface area contributed by atoms with E-state index in [2.05, 4.69) is 68.7 Å². The van der Waals surface area contributed by atoms with Gasteiger partial charge in [0.1, 0.15) is 5.75 Å². The van der Waals surface area contributed by atoms with Gasteiger partial charge in [0.15, 0.2) is 0 Å². The van der Waals surface area contributed by atoms with E-state index < -0.39 is 0 Å². The summed E-state index contributed by atoms with van der Waals surface area (Å²) >= 11 is 0. The van der Waals surface area contributed by atoms with Crippen LogP contribution in [0.5, 0.6) is 5.75 Å². The number of aryl methyl sites for hydroxylation is 5. The van der Waals surface area contributed by atoms with Crippen LogP contribution in [0.25, 0.3) is 0 Å². The van der Waals surface area contributed by atoms with E-state index in [1.165, 1.54) is 39.2 Å². The lowest BCUT2D eigenvalue weighted by Gasteiger charge is -2.27. The van der Waals surface area contributed by atoms with Crippen LogP contribution in [-0.4, -0.2) is 26.9 Å². The number of nitrogens with zero attached hydrogens (tertiary/aromatic N) is 2. The number of benzene rings is 2. The average molecular weight is 324 g/mol. The monoisotopic (exact) mass is 324 g/mol. The third-order valence-corrected chi connectivity index (χ3v) is 4.95. The molecule has 0 N–H and O–H groups in total. The maximum absolute atomic E-state index is 5.40. The molecule has 0 amide bonds. The van der Waals surface area contributed by atoms with Gasteiger partial charge in [-0.1, -0.05) is 17.7 Å². The molecule has 1 saturated heterocycles. The number of rotatable bonds is 3. The smallest absolute Gasteiger partial charge is 0.119 e. The first kappa shape index (κ1) is 16.7. The molecule has 1 aliphatic rings. The molecule has 0 unspecified atom stereocenters. The van der Waals surface area contributed by atoms with E-state index in [-0.39, 0.29) is 0 Å². The summed E-state index contributed by atoms with van der Waals surface area (Å²) in [6.07, 6.45) is 0. The van der Waals surface area contributed by atoms with Crippen molar-refractivity contribution in [3.8, 4) is 5.75 Å². The summed E-state index contributed by atoms with van der Waals surface area (Å²) in [5, 5.41) is 0. The molecule has 2 aromatic rings. The Labute approximate surface area is 145 Å². The van der Waals surface area contributed by atoms with Crippen molar-refractivity contribution >= 4 is 11.4 Å². The van der Waals surface area contributed by atoms with Crippen molar-refractivity contribution in [3.05, 3.63) is 52.1 Å². The Bertz CT molecular complexity index is 720. The number of hydrogen-bond acceptors (Lipinski definition) is 3. The lowest BCUT2D eigenvalue weighted by atomic mass is 10.0. The molecular weight excluding hydrogens is 296 g/mol. The van der Waals surface area contributed by atoms with Crippen molar-refractivity contribution in [1.82, 2.24) is 0 Å². The first-order chi connectivity index (χ1) is 11.4. The van der Waals surface area contributed by atoms with Crippen molar-refractivity contribution in [1.29, 1.82) is 0 Å². The number of anilines is 2. The maximum atomic E-state index is 5.40. The van der Waals surface area contributed by atoms with E-state index in [0.29, 0.717) is 0 Å². The highest BCUT2D eigenvalue weighted by atomic mass is 16.5. The van der Waals surface area contributed by atoms with E-state index in [1.807, 2.05) is 0 Å². The Hall–Kier alpha value is -2.16. The number of methoxy groups -OCH3 is 1. The fourth-order valence-corrected chi connectivity index (χ4v) is 4.16. The van der Waals surface area contributed by atoms with E-state index in [1.54, 1.807) is 7.11 Å². The van der Waals surface area contributed by atoms with Crippen LogP contribution in [0, 0.1) is 34.6 Å². The first-order valence-electron chi connectivity index (χ1n) is 8.63. The van der Waals surface area contributed by atoms with Crippen LogP contribution in [0.15, 0.2) is 24.3 Å². The van der Waals surface area contributed by atoms with E-state index in [9.17, 15) is 0 Å². The molecule has 3 heteroatoms. The van der Waals surface area contributed by atoms with Gasteiger partial charge in [0.2, 0.25) is 0 Å². The topological polar surface area (TPSA) is 15.7 Å². The minimum atomic E-state index is 0.940. The minimum absolute atomic E-state index is 0.940. The molecule has 3 rings (SSSR count). The largest absolute Gasteiger partial charge is 0.497 e. The van der Waals surface area contributed by atoms with Gasteiger partial charge in [-0.3, -0.25) is 0 Å². The molecule has 0 bridgehead atoms. The summed E-state index contributed by atoms with van der Waals surface area (Å²) in [7, 11) is 1.73. The predicted octanol–water partition coefficient (Wildman–Crippen LogP) is 4.52. The van der Waals surface area contributed by atoms with Crippen molar-refractivity contribution in [2.24, 2.45) is 0 Å². The lowest BCUT2D eigenvalue weighted by Crippen LogP contribution is -2.27. The summed E-state index contributed by atoms with van der Waals surface area (Å²) in [6, 6.07) is 8.84. The van der Waals surface area contributed by atoms with Gasteiger partial charge in [0, 0.05) is 24.5 Å². The normalized spacial score (nSPS) is 14.4. The molecule has 1 heterocycles. The van der Waals surface area contributed by atoms with E-state index in [0.717, 1.165) is 25.5 Å². The standard InChI is InChI=1S/C21H28N2O/c1-14-9-15(2)20(16(3)10-14)22-7-8-23(13-22)21-17(4)11-19(24-6)12-18(21)5/h9-12H,7-8,13H2,1-6H3. The molecule has 0 radical (unpaired) electrons. The molecule has 24 heavy (non-hydrogen) atoms. The second-order valence-electron chi connectivity index (χ2n) is 7.03. The highest BCUT2D eigenvalue weighted by Crippen LogP contribution is 2.34. The van der Waals surface area contributed by atoms with Gasteiger partial charge in [0.25, 0.3) is 0 Å². The molecule has 0 spiro atoms. The summed E-state index contributed by atoms with van der Waals surface area (Å²) < 4.78 is 5.40. The summed E-state index contributed by atoms with van der Waals surface area (Å²) in [5.74, 6) is 0.940. The average Bonchev–Trinajstić information content (AvgIpc) is 2.94. The SMILES string of the molecule is COc1cc(C)c(N2CCN(c3c(C)cc(C)cc3C)C2)c(C)c1. The Morgan fingerprint density at radius 1 is 0.708 bits per heavy atom. The van der Waals surface area contributed by atoms with Crippen molar-refractivity contribution < 1.29 is 4.74 Å². The van der Waals surface area contributed by atoms with Gasteiger partial charge in [-0.15, -0.1) is 0 Å². The van der Waals surface area contributed by atoms with Crippen LogP contribution in [0.4, 0.5) is 11.4 Å². The number of ether oxygens (including phenoxy) is 1. The van der Waals surface area contributed by atoms with Gasteiger partial charge < -0.3 is 14.5 Å². The Kier molecular flexibility index (Phi) is 4.44. The van der Waals surface area contributed by atoms with Gasteiger partial charge >= 0.3 is 0 Å². The zero-order valence-electron chi connectivity index (χ0n) is 15.7. The molecule has 3 nitrogen and oxygen atoms in total. The molecule has 0 aliphatic carbocycles. The summed E-state index contributed by atoms with van der Waals surface area (Å²) in [4.78, 5) is 5.00. The van der Waals surface area contributed by atoms with Crippen LogP contribution in [0.2, 0.25) is 0 Å². The van der Waals surface area contributed by atoms with Crippen LogP contribution in [-0.2, 0) is 0 Å². The highest BCUT2D eigenvalue weighted by molar-refractivity contribution is 5.66. The molecule has 0 aromatic heterocycles. The van der Waals surface area contributed by atoms with E-state index >= 15 is 0 Å². The quantitative estimate of drug-likeness (QED) is 0.825. The Morgan fingerprint density at radius 2 is 1.12 bits per heavy atom. The van der Waals surface area contributed by atoms with Crippen molar-refractivity contribution in [2.45, 2.75) is 34.6 Å². The van der Waals surface area contributed by atoms with Crippen LogP contribution in [0.1, 0.15) is 27.8 Å². The third kappa shape index (κ3) is 2.95. The Morgan fingerprint density at radius 3 is 1.54 bits per heavy atom. The molecule has 1 aliphatic heterocycles. The minimum Gasteiger partial charge on any atom is -0.497 e. The number of hydrogen-bond donors (Lipinski definition) is 0. The van der Waals surface area contributed by atoms with Crippen molar-refractivity contribution in [3.63, 3.8) is 0 Å². The first-order valence-corrected chi connectivity index (χ1v) is 8.63. The third-order valence-electron chi connectivity index (χ3n) is 4.95. The van der Waals surface area contributed by atoms with Crippen LogP contribution >= 0.6 is 0 Å². The maximum Gasteiger partial charge on any atom is 0.119 e. The second kappa shape index (κ2) is 6.39. The van der Waals surface area contributed by atoms with Gasteiger partial charge in [0.05, 0.1) is 13.8 Å². The van der Waals surface area contributed by atoms with E-state index in [4.69, 9.17) is 4.74 Å². The van der Waals surface area contributed by atoms with Crippen molar-refractivity contribution in [2.75, 3.05) is 36.7 Å². The molecule has 2 aromatic carbocycles. The lowest BCUT2D eigenvalue weighted by molar-refractivity contribution is 0.414. The molecular formula is C21H28N2O. The van der Waals surface area contributed by atoms with Gasteiger partial charge in [-0.05, 0) is 69.0 Å². The zero-order valence-corrected chi connectivity index (χ0v) is 15.7. The summed E-state index contributed by atoms with van der Waals surface area (Å²) in [6.45, 7) is 14.0.